The Morgan fingerprint density at radius 2 is 1.67 bits per heavy atom. The third kappa shape index (κ3) is 7.89. The van der Waals surface area contributed by atoms with Crippen molar-refractivity contribution in [3.8, 4) is 0 Å². The molecule has 0 spiro atoms. The number of nitrogens with zero attached hydrogens (tertiary/aromatic N) is 3. The quantitative estimate of drug-likeness (QED) is 0.480. The topological polar surface area (TPSA) is 52.1 Å². The van der Waals surface area contributed by atoms with E-state index in [0.29, 0.717) is 0 Å². The van der Waals surface area contributed by atoms with Gasteiger partial charge in [-0.2, -0.15) is 0 Å². The molecule has 3 rings (SSSR count). The second kappa shape index (κ2) is 12.9. The lowest BCUT2D eigenvalue weighted by Gasteiger charge is -2.32. The maximum absolute atomic E-state index is 5.19. The maximum atomic E-state index is 5.19. The minimum atomic E-state index is 0.719. The second-order valence-corrected chi connectivity index (χ2v) is 8.74. The van der Waals surface area contributed by atoms with Gasteiger partial charge in [0.1, 0.15) is 0 Å². The lowest BCUT2D eigenvalue weighted by Crippen LogP contribution is -2.43. The summed E-state index contributed by atoms with van der Waals surface area (Å²) < 4.78 is 5.19. The van der Waals surface area contributed by atoms with Crippen LogP contribution in [0, 0.1) is 5.92 Å². The van der Waals surface area contributed by atoms with Gasteiger partial charge in [-0.05, 0) is 68.9 Å². The number of hydrogen-bond donors (Lipinski definition) is 2. The van der Waals surface area contributed by atoms with Crippen LogP contribution < -0.4 is 10.6 Å². The molecule has 1 aromatic rings. The molecule has 30 heavy (non-hydrogen) atoms. The molecule has 2 heterocycles. The van der Waals surface area contributed by atoms with Crippen LogP contribution in [0.3, 0.4) is 0 Å². The summed E-state index contributed by atoms with van der Waals surface area (Å²) in [5.74, 6) is 1.62. The first-order valence-corrected chi connectivity index (χ1v) is 11.7. The molecule has 168 valence electrons. The van der Waals surface area contributed by atoms with Crippen molar-refractivity contribution in [2.45, 2.75) is 45.2 Å². The van der Waals surface area contributed by atoms with Crippen molar-refractivity contribution < 1.29 is 4.74 Å². The lowest BCUT2D eigenvalue weighted by atomic mass is 9.97. The number of ether oxygens (including phenoxy) is 1. The summed E-state index contributed by atoms with van der Waals surface area (Å²) in [7, 11) is 3.63. The van der Waals surface area contributed by atoms with Gasteiger partial charge in [-0.1, -0.05) is 30.7 Å². The van der Waals surface area contributed by atoms with E-state index in [9.17, 15) is 0 Å². The molecular weight excluding hydrogens is 374 g/mol. The zero-order valence-electron chi connectivity index (χ0n) is 19.0. The van der Waals surface area contributed by atoms with Crippen LogP contribution in [0.1, 0.15) is 43.2 Å². The van der Waals surface area contributed by atoms with Crippen molar-refractivity contribution in [3.63, 3.8) is 0 Å². The highest BCUT2D eigenvalue weighted by atomic mass is 16.5. The predicted molar refractivity (Wildman–Crippen MR) is 125 cm³/mol. The monoisotopic (exact) mass is 415 g/mol. The molecule has 0 aromatic heterocycles. The van der Waals surface area contributed by atoms with Gasteiger partial charge < -0.3 is 20.3 Å². The summed E-state index contributed by atoms with van der Waals surface area (Å²) in [5, 5.41) is 6.99. The highest BCUT2D eigenvalue weighted by Crippen LogP contribution is 2.16. The zero-order valence-corrected chi connectivity index (χ0v) is 19.0. The molecular formula is C24H41N5O. The van der Waals surface area contributed by atoms with Crippen molar-refractivity contribution in [1.29, 1.82) is 0 Å². The van der Waals surface area contributed by atoms with Crippen LogP contribution >= 0.6 is 0 Å². The minimum Gasteiger partial charge on any atom is -0.383 e. The number of benzene rings is 1. The third-order valence-corrected chi connectivity index (χ3v) is 6.44. The number of aliphatic imine (C=N–C) groups is 1. The van der Waals surface area contributed by atoms with Gasteiger partial charge in [-0.3, -0.25) is 9.89 Å². The van der Waals surface area contributed by atoms with E-state index in [1.807, 2.05) is 7.05 Å². The van der Waals surface area contributed by atoms with Gasteiger partial charge in [0, 0.05) is 40.3 Å². The first-order valence-electron chi connectivity index (χ1n) is 11.7. The fourth-order valence-electron chi connectivity index (χ4n) is 4.42. The van der Waals surface area contributed by atoms with Gasteiger partial charge in [0.05, 0.1) is 6.61 Å². The molecule has 0 bridgehead atoms. The molecule has 0 radical (unpaired) electrons. The second-order valence-electron chi connectivity index (χ2n) is 8.74. The Morgan fingerprint density at radius 1 is 0.967 bits per heavy atom. The minimum absolute atomic E-state index is 0.719. The standard InChI is InChI=1S/C24H41N5O/c1-25-24(27-19-22-10-14-28(15-11-22)16-17-30-2)26-18-21-6-8-23(9-7-21)20-29-12-4-3-5-13-29/h6-9,22H,3-5,10-20H2,1-2H3,(H2,25,26,27). The van der Waals surface area contributed by atoms with Gasteiger partial charge in [0.15, 0.2) is 5.96 Å². The summed E-state index contributed by atoms with van der Waals surface area (Å²) in [6.07, 6.45) is 6.57. The molecule has 2 aliphatic rings. The molecule has 0 atom stereocenters. The molecule has 0 unspecified atom stereocenters. The Hall–Kier alpha value is -1.63. The van der Waals surface area contributed by atoms with Crippen molar-refractivity contribution in [1.82, 2.24) is 20.4 Å². The largest absolute Gasteiger partial charge is 0.383 e. The average molecular weight is 416 g/mol. The number of guanidine groups is 1. The Balaban J connectivity index is 1.34. The normalized spacial score (nSPS) is 19.7. The highest BCUT2D eigenvalue weighted by molar-refractivity contribution is 5.79. The molecule has 2 saturated heterocycles. The lowest BCUT2D eigenvalue weighted by molar-refractivity contribution is 0.121. The zero-order chi connectivity index (χ0) is 21.0. The molecule has 2 aliphatic heterocycles. The van der Waals surface area contributed by atoms with Crippen molar-refractivity contribution in [2.75, 3.05) is 60.0 Å². The maximum Gasteiger partial charge on any atom is 0.191 e. The fraction of sp³-hybridized carbons (Fsp3) is 0.708. The van der Waals surface area contributed by atoms with E-state index in [2.05, 4.69) is 49.7 Å². The number of rotatable bonds is 9. The van der Waals surface area contributed by atoms with Crippen molar-refractivity contribution in [2.24, 2.45) is 10.9 Å². The van der Waals surface area contributed by atoms with Gasteiger partial charge >= 0.3 is 0 Å². The Bertz CT molecular complexity index is 619. The first-order chi connectivity index (χ1) is 14.8. The van der Waals surface area contributed by atoms with Crippen LogP contribution in [-0.4, -0.2) is 75.8 Å². The summed E-state index contributed by atoms with van der Waals surface area (Å²) in [6, 6.07) is 9.04. The summed E-state index contributed by atoms with van der Waals surface area (Å²) in [5.41, 5.74) is 2.71. The number of hydrogen-bond acceptors (Lipinski definition) is 4. The van der Waals surface area contributed by atoms with Gasteiger partial charge in [-0.15, -0.1) is 0 Å². The molecule has 2 fully saturated rings. The number of piperidine rings is 2. The molecule has 6 heteroatoms. The van der Waals surface area contributed by atoms with Crippen LogP contribution in [0.4, 0.5) is 0 Å². The molecule has 0 saturated carbocycles. The van der Waals surface area contributed by atoms with Crippen molar-refractivity contribution in [3.05, 3.63) is 35.4 Å². The van der Waals surface area contributed by atoms with E-state index in [0.717, 1.165) is 44.7 Å². The fourth-order valence-corrected chi connectivity index (χ4v) is 4.42. The number of methoxy groups -OCH3 is 1. The van der Waals surface area contributed by atoms with E-state index in [1.165, 1.54) is 69.4 Å². The van der Waals surface area contributed by atoms with Crippen LogP contribution in [-0.2, 0) is 17.8 Å². The van der Waals surface area contributed by atoms with Crippen LogP contribution in [0.15, 0.2) is 29.3 Å². The van der Waals surface area contributed by atoms with Gasteiger partial charge in [-0.25, -0.2) is 0 Å². The molecule has 6 nitrogen and oxygen atoms in total. The van der Waals surface area contributed by atoms with Crippen LogP contribution in [0.5, 0.6) is 0 Å². The number of nitrogens with one attached hydrogen (secondary N) is 2. The van der Waals surface area contributed by atoms with E-state index in [4.69, 9.17) is 4.74 Å². The third-order valence-electron chi connectivity index (χ3n) is 6.44. The summed E-state index contributed by atoms with van der Waals surface area (Å²) in [4.78, 5) is 9.47. The van der Waals surface area contributed by atoms with Crippen molar-refractivity contribution >= 4 is 5.96 Å². The van der Waals surface area contributed by atoms with Gasteiger partial charge in [0.2, 0.25) is 0 Å². The van der Waals surface area contributed by atoms with E-state index >= 15 is 0 Å². The highest BCUT2D eigenvalue weighted by Gasteiger charge is 2.19. The van der Waals surface area contributed by atoms with E-state index < -0.39 is 0 Å². The Labute approximate surface area is 183 Å². The molecule has 1 aromatic carbocycles. The smallest absolute Gasteiger partial charge is 0.191 e. The van der Waals surface area contributed by atoms with Gasteiger partial charge in [0.25, 0.3) is 0 Å². The number of likely N-dealkylation sites (tertiary alicyclic amines) is 2. The first kappa shape index (κ1) is 23.0. The SMILES string of the molecule is CN=C(NCc1ccc(CN2CCCCC2)cc1)NCC1CCN(CCOC)CC1. The molecule has 0 aliphatic carbocycles. The average Bonchev–Trinajstić information content (AvgIpc) is 2.80. The van der Waals surface area contributed by atoms with Crippen LogP contribution in [0.25, 0.3) is 0 Å². The Kier molecular flexibility index (Phi) is 9.93. The van der Waals surface area contributed by atoms with E-state index in [-0.39, 0.29) is 0 Å². The predicted octanol–water partition coefficient (Wildman–Crippen LogP) is 2.70. The summed E-state index contributed by atoms with van der Waals surface area (Å²) in [6.45, 7) is 9.61. The van der Waals surface area contributed by atoms with E-state index in [1.54, 1.807) is 7.11 Å². The Morgan fingerprint density at radius 3 is 2.33 bits per heavy atom. The summed E-state index contributed by atoms with van der Waals surface area (Å²) >= 11 is 0. The molecule has 0 amide bonds. The van der Waals surface area contributed by atoms with Crippen LogP contribution in [0.2, 0.25) is 0 Å². The molecule has 2 N–H and O–H groups in total.